The molecule has 27 heavy (non-hydrogen) atoms. The van der Waals surface area contributed by atoms with Crippen molar-refractivity contribution in [2.24, 2.45) is 0 Å². The molecule has 1 N–H and O–H groups in total. The van der Waals surface area contributed by atoms with E-state index < -0.39 is 6.10 Å². The van der Waals surface area contributed by atoms with Crippen LogP contribution in [0.3, 0.4) is 0 Å². The first-order chi connectivity index (χ1) is 12.8. The summed E-state index contributed by atoms with van der Waals surface area (Å²) in [5.41, 5.74) is 0.712. The van der Waals surface area contributed by atoms with Crippen molar-refractivity contribution in [3.05, 3.63) is 56.7 Å². The number of hydrogen-bond donors (Lipinski definition) is 1. The van der Waals surface area contributed by atoms with E-state index in [1.807, 2.05) is 13.8 Å². The quantitative estimate of drug-likeness (QED) is 0.481. The van der Waals surface area contributed by atoms with Crippen LogP contribution in [0.25, 0.3) is 10.2 Å². The summed E-state index contributed by atoms with van der Waals surface area (Å²) in [4.78, 5) is 34.1. The number of nitrogens with zero attached hydrogens (tertiary/aromatic N) is 1. The third-order valence-corrected chi connectivity index (χ3v) is 6.25. The molecule has 0 spiro atoms. The maximum atomic E-state index is 12.9. The molecule has 1 atom stereocenters. The molecule has 5 nitrogen and oxygen atoms in total. The van der Waals surface area contributed by atoms with E-state index in [-0.39, 0.29) is 23.8 Å². The molecule has 1 aromatic carbocycles. The molecule has 3 rings (SSSR count). The van der Waals surface area contributed by atoms with E-state index in [0.29, 0.717) is 21.8 Å². The van der Waals surface area contributed by atoms with Gasteiger partial charge in [0.2, 0.25) is 0 Å². The predicted molar refractivity (Wildman–Crippen MR) is 106 cm³/mol. The molecular weight excluding hydrogens is 387 g/mol. The van der Waals surface area contributed by atoms with Crippen molar-refractivity contribution in [1.82, 2.24) is 9.97 Å². The van der Waals surface area contributed by atoms with Gasteiger partial charge in [-0.05, 0) is 50.6 Å². The molecule has 0 bridgehead atoms. The van der Waals surface area contributed by atoms with E-state index in [1.165, 1.54) is 35.2 Å². The second kappa shape index (κ2) is 8.22. The van der Waals surface area contributed by atoms with Crippen molar-refractivity contribution >= 4 is 39.3 Å². The van der Waals surface area contributed by atoms with Gasteiger partial charge in [0.05, 0.1) is 11.8 Å². The van der Waals surface area contributed by atoms with Crippen molar-refractivity contribution in [3.63, 3.8) is 0 Å². The molecule has 8 heteroatoms. The minimum absolute atomic E-state index is 0.204. The highest BCUT2D eigenvalue weighted by atomic mass is 32.2. The molecule has 0 saturated heterocycles. The Bertz CT molecular complexity index is 1030. The van der Waals surface area contributed by atoms with Crippen LogP contribution in [0.2, 0.25) is 0 Å². The van der Waals surface area contributed by atoms with E-state index in [9.17, 15) is 14.0 Å². The Kier molecular flexibility index (Phi) is 5.96. The summed E-state index contributed by atoms with van der Waals surface area (Å²) in [6.07, 6.45) is -0.441. The van der Waals surface area contributed by atoms with Gasteiger partial charge < -0.3 is 9.72 Å². The number of H-pyrrole nitrogens is 1. The van der Waals surface area contributed by atoms with E-state index in [4.69, 9.17) is 4.74 Å². The topological polar surface area (TPSA) is 72.0 Å². The lowest BCUT2D eigenvalue weighted by Gasteiger charge is -2.12. The molecule has 0 amide bonds. The summed E-state index contributed by atoms with van der Waals surface area (Å²) in [5.74, 6) is 0.192. The zero-order valence-corrected chi connectivity index (χ0v) is 16.8. The number of esters is 1. The maximum Gasteiger partial charge on any atom is 0.307 e. The predicted octanol–water partition coefficient (Wildman–Crippen LogP) is 4.53. The first-order valence-electron chi connectivity index (χ1n) is 8.43. The SMILES string of the molecule is Cc1sc2nc(C(C)OC(=O)CCSc3ccc(F)cc3)[nH]c(=O)c2c1C. The fourth-order valence-electron chi connectivity index (χ4n) is 2.56. The number of hydrogen-bond acceptors (Lipinski definition) is 6. The third-order valence-electron chi connectivity index (χ3n) is 4.14. The smallest absolute Gasteiger partial charge is 0.307 e. The van der Waals surface area contributed by atoms with Gasteiger partial charge in [0.15, 0.2) is 11.9 Å². The van der Waals surface area contributed by atoms with Crippen molar-refractivity contribution < 1.29 is 13.9 Å². The van der Waals surface area contributed by atoms with E-state index in [2.05, 4.69) is 9.97 Å². The first kappa shape index (κ1) is 19.6. The molecule has 3 aromatic rings. The number of nitrogens with one attached hydrogen (secondary N) is 1. The summed E-state index contributed by atoms with van der Waals surface area (Å²) in [7, 11) is 0. The molecule has 2 aromatic heterocycles. The van der Waals surface area contributed by atoms with E-state index in [1.54, 1.807) is 19.1 Å². The molecule has 0 fully saturated rings. The standard InChI is InChI=1S/C19H19FN2O3S2/c1-10-12(3)27-19-16(10)18(24)21-17(22-19)11(2)25-15(23)8-9-26-14-6-4-13(20)5-7-14/h4-7,11H,8-9H2,1-3H3,(H,21,22,24). The largest absolute Gasteiger partial charge is 0.454 e. The summed E-state index contributed by atoms with van der Waals surface area (Å²) in [6, 6.07) is 6.11. The van der Waals surface area contributed by atoms with Crippen LogP contribution >= 0.6 is 23.1 Å². The highest BCUT2D eigenvalue weighted by Crippen LogP contribution is 2.27. The average molecular weight is 407 g/mol. The van der Waals surface area contributed by atoms with Gasteiger partial charge in [-0.1, -0.05) is 0 Å². The van der Waals surface area contributed by atoms with Crippen LogP contribution in [-0.4, -0.2) is 21.7 Å². The highest BCUT2D eigenvalue weighted by molar-refractivity contribution is 7.99. The fraction of sp³-hybridized carbons (Fsp3) is 0.316. The summed E-state index contributed by atoms with van der Waals surface area (Å²) in [5, 5.41) is 0.593. The number of aromatic nitrogens is 2. The average Bonchev–Trinajstić information content (AvgIpc) is 2.91. The summed E-state index contributed by atoms with van der Waals surface area (Å²) >= 11 is 2.90. The van der Waals surface area contributed by atoms with Crippen LogP contribution in [0.15, 0.2) is 34.0 Å². The number of thioether (sulfide) groups is 1. The minimum Gasteiger partial charge on any atom is -0.454 e. The van der Waals surface area contributed by atoms with Crippen LogP contribution in [0.5, 0.6) is 0 Å². The van der Waals surface area contributed by atoms with Gasteiger partial charge in [-0.2, -0.15) is 0 Å². The van der Waals surface area contributed by atoms with E-state index in [0.717, 1.165) is 15.3 Å². The van der Waals surface area contributed by atoms with Crippen molar-refractivity contribution in [1.29, 1.82) is 0 Å². The molecule has 142 valence electrons. The number of halogens is 1. The molecule has 0 radical (unpaired) electrons. The van der Waals surface area contributed by atoms with Crippen LogP contribution in [-0.2, 0) is 9.53 Å². The normalized spacial score (nSPS) is 12.3. The Balaban J connectivity index is 1.60. The monoisotopic (exact) mass is 406 g/mol. The molecule has 0 aliphatic rings. The molecule has 0 saturated carbocycles. The van der Waals surface area contributed by atoms with Crippen LogP contribution < -0.4 is 5.56 Å². The number of fused-ring (bicyclic) bond motifs is 1. The zero-order valence-electron chi connectivity index (χ0n) is 15.2. The van der Waals surface area contributed by atoms with Gasteiger partial charge in [-0.15, -0.1) is 23.1 Å². The summed E-state index contributed by atoms with van der Waals surface area (Å²) in [6.45, 7) is 5.53. The lowest BCUT2D eigenvalue weighted by Crippen LogP contribution is -2.17. The summed E-state index contributed by atoms with van der Waals surface area (Å²) < 4.78 is 18.3. The number of aromatic amines is 1. The number of carbonyl (C=O) groups is 1. The number of aryl methyl sites for hydroxylation is 2. The fourth-order valence-corrected chi connectivity index (χ4v) is 4.43. The van der Waals surface area contributed by atoms with E-state index >= 15 is 0 Å². The van der Waals surface area contributed by atoms with Crippen LogP contribution in [0.1, 0.15) is 35.7 Å². The first-order valence-corrected chi connectivity index (χ1v) is 10.2. The van der Waals surface area contributed by atoms with Crippen molar-refractivity contribution in [2.75, 3.05) is 5.75 Å². The van der Waals surface area contributed by atoms with Gasteiger partial charge in [0.1, 0.15) is 10.6 Å². The number of thiophene rings is 1. The number of carbonyl (C=O) groups excluding carboxylic acids is 1. The Hall–Kier alpha value is -2.19. The minimum atomic E-state index is -0.645. The van der Waals surface area contributed by atoms with Gasteiger partial charge in [-0.25, -0.2) is 9.37 Å². The second-order valence-corrected chi connectivity index (χ2v) is 8.47. The molecule has 2 heterocycles. The number of benzene rings is 1. The molecule has 0 aliphatic carbocycles. The van der Waals surface area contributed by atoms with Crippen LogP contribution in [0, 0.1) is 19.7 Å². The Morgan fingerprint density at radius 1 is 1.33 bits per heavy atom. The molecule has 0 aliphatic heterocycles. The van der Waals surface area contributed by atoms with Gasteiger partial charge in [0, 0.05) is 15.5 Å². The van der Waals surface area contributed by atoms with Gasteiger partial charge in [-0.3, -0.25) is 9.59 Å². The lowest BCUT2D eigenvalue weighted by molar-refractivity contribution is -0.148. The third kappa shape index (κ3) is 4.56. The van der Waals surface area contributed by atoms with Crippen LogP contribution in [0.4, 0.5) is 4.39 Å². The maximum absolute atomic E-state index is 12.9. The Morgan fingerprint density at radius 3 is 2.74 bits per heavy atom. The number of rotatable bonds is 6. The van der Waals surface area contributed by atoms with Crippen molar-refractivity contribution in [3.8, 4) is 0 Å². The lowest BCUT2D eigenvalue weighted by atomic mass is 10.2. The number of ether oxygens (including phenoxy) is 1. The Labute approximate surface area is 164 Å². The second-order valence-electron chi connectivity index (χ2n) is 6.10. The van der Waals surface area contributed by atoms with Gasteiger partial charge in [0.25, 0.3) is 5.56 Å². The Morgan fingerprint density at radius 2 is 2.04 bits per heavy atom. The molecular formula is C19H19FN2O3S2. The van der Waals surface area contributed by atoms with Gasteiger partial charge >= 0.3 is 5.97 Å². The molecule has 1 unspecified atom stereocenters. The highest BCUT2D eigenvalue weighted by Gasteiger charge is 2.18. The zero-order chi connectivity index (χ0) is 19.6. The van der Waals surface area contributed by atoms with Crippen molar-refractivity contribution in [2.45, 2.75) is 38.2 Å².